The molecular weight excluding hydrogens is 340 g/mol. The molecular formula is C21H24N4O2. The lowest BCUT2D eigenvalue weighted by Crippen LogP contribution is -2.25. The van der Waals surface area contributed by atoms with Gasteiger partial charge in [0.2, 0.25) is 11.8 Å². The number of carbonyl (C=O) groups excluding carboxylic acids is 2. The number of rotatable bonds is 6. The van der Waals surface area contributed by atoms with Crippen molar-refractivity contribution in [2.75, 3.05) is 11.9 Å². The maximum atomic E-state index is 12.7. The van der Waals surface area contributed by atoms with Crippen LogP contribution in [-0.2, 0) is 22.6 Å². The summed E-state index contributed by atoms with van der Waals surface area (Å²) >= 11 is 0. The number of para-hydroxylation sites is 3. The fourth-order valence-corrected chi connectivity index (χ4v) is 3.18. The Balaban J connectivity index is 1.84. The molecule has 3 aromatic rings. The van der Waals surface area contributed by atoms with Crippen LogP contribution < -0.4 is 10.6 Å². The zero-order chi connectivity index (χ0) is 19.4. The van der Waals surface area contributed by atoms with E-state index >= 15 is 0 Å². The number of aromatic nitrogens is 2. The zero-order valence-corrected chi connectivity index (χ0v) is 15.9. The molecule has 6 heteroatoms. The summed E-state index contributed by atoms with van der Waals surface area (Å²) in [5, 5.41) is 5.81. The summed E-state index contributed by atoms with van der Waals surface area (Å²) in [4.78, 5) is 28.5. The third-order valence-corrected chi connectivity index (χ3v) is 4.50. The average molecular weight is 364 g/mol. The zero-order valence-electron chi connectivity index (χ0n) is 15.9. The maximum absolute atomic E-state index is 12.7. The Hall–Kier alpha value is -3.15. The predicted molar refractivity (Wildman–Crippen MR) is 107 cm³/mol. The van der Waals surface area contributed by atoms with Crippen molar-refractivity contribution < 1.29 is 9.59 Å². The van der Waals surface area contributed by atoms with Crippen LogP contribution in [0.15, 0.2) is 42.5 Å². The molecule has 0 saturated heterocycles. The molecule has 1 heterocycles. The van der Waals surface area contributed by atoms with Crippen LogP contribution >= 0.6 is 0 Å². The quantitative estimate of drug-likeness (QED) is 0.706. The van der Waals surface area contributed by atoms with Crippen molar-refractivity contribution in [3.8, 4) is 0 Å². The number of hydrogen-bond acceptors (Lipinski definition) is 3. The molecule has 0 saturated carbocycles. The Labute approximate surface area is 158 Å². The number of imidazole rings is 1. The monoisotopic (exact) mass is 364 g/mol. The fraction of sp³-hybridized carbons (Fsp3) is 0.286. The number of hydrogen-bond donors (Lipinski definition) is 2. The molecule has 140 valence electrons. The van der Waals surface area contributed by atoms with Crippen LogP contribution in [0.2, 0.25) is 0 Å². The van der Waals surface area contributed by atoms with Crippen LogP contribution in [0, 0.1) is 13.8 Å². The van der Waals surface area contributed by atoms with Gasteiger partial charge < -0.3 is 15.2 Å². The molecule has 6 nitrogen and oxygen atoms in total. The Morgan fingerprint density at radius 1 is 1.04 bits per heavy atom. The largest absolute Gasteiger partial charge is 0.356 e. The second kappa shape index (κ2) is 8.03. The van der Waals surface area contributed by atoms with Gasteiger partial charge in [-0.25, -0.2) is 4.98 Å². The molecule has 0 aliphatic carbocycles. The lowest BCUT2D eigenvalue weighted by Gasteiger charge is -2.13. The normalized spacial score (nSPS) is 10.8. The van der Waals surface area contributed by atoms with Crippen LogP contribution in [-0.4, -0.2) is 27.9 Å². The van der Waals surface area contributed by atoms with Gasteiger partial charge in [-0.3, -0.25) is 9.59 Å². The van der Waals surface area contributed by atoms with Crippen LogP contribution in [0.1, 0.15) is 23.9 Å². The molecule has 0 atom stereocenters. The summed E-state index contributed by atoms with van der Waals surface area (Å²) in [6.07, 6.45) is 0.560. The Kier molecular flexibility index (Phi) is 5.54. The van der Waals surface area contributed by atoms with Gasteiger partial charge in [0.25, 0.3) is 0 Å². The summed E-state index contributed by atoms with van der Waals surface area (Å²) in [5.74, 6) is 0.600. The van der Waals surface area contributed by atoms with Gasteiger partial charge in [-0.1, -0.05) is 30.3 Å². The average Bonchev–Trinajstić information content (AvgIpc) is 2.96. The summed E-state index contributed by atoms with van der Waals surface area (Å²) < 4.78 is 1.92. The summed E-state index contributed by atoms with van der Waals surface area (Å²) in [5.41, 5.74) is 4.67. The van der Waals surface area contributed by atoms with E-state index in [1.807, 2.05) is 60.9 Å². The van der Waals surface area contributed by atoms with Gasteiger partial charge in [0.15, 0.2) is 0 Å². The molecule has 2 N–H and O–H groups in total. The standard InChI is InChI=1S/C21H24N4O2/c1-14-7-6-8-15(2)21(14)24-20(27)13-25-18-10-5-4-9-17(18)23-19(25)11-12-22-16(3)26/h4-10H,11-13H2,1-3H3,(H,22,26)(H,24,27). The number of nitrogens with one attached hydrogen (secondary N) is 2. The van der Waals surface area contributed by atoms with E-state index in [0.29, 0.717) is 13.0 Å². The summed E-state index contributed by atoms with van der Waals surface area (Å²) in [6, 6.07) is 13.7. The van der Waals surface area contributed by atoms with E-state index in [2.05, 4.69) is 15.6 Å². The number of fused-ring (bicyclic) bond motifs is 1. The molecule has 0 spiro atoms. The molecule has 0 aliphatic rings. The molecule has 27 heavy (non-hydrogen) atoms. The molecule has 0 bridgehead atoms. The molecule has 3 rings (SSSR count). The second-order valence-corrected chi connectivity index (χ2v) is 6.65. The molecule has 2 aromatic carbocycles. The van der Waals surface area contributed by atoms with Crippen molar-refractivity contribution in [2.45, 2.75) is 33.7 Å². The minimum absolute atomic E-state index is 0.0783. The van der Waals surface area contributed by atoms with E-state index in [1.54, 1.807) is 0 Å². The topological polar surface area (TPSA) is 76.0 Å². The Morgan fingerprint density at radius 3 is 2.44 bits per heavy atom. The first kappa shape index (κ1) is 18.6. The fourth-order valence-electron chi connectivity index (χ4n) is 3.18. The minimum Gasteiger partial charge on any atom is -0.356 e. The van der Waals surface area contributed by atoms with E-state index in [1.165, 1.54) is 6.92 Å². The smallest absolute Gasteiger partial charge is 0.244 e. The first-order chi connectivity index (χ1) is 13.0. The van der Waals surface area contributed by atoms with Crippen molar-refractivity contribution in [2.24, 2.45) is 0 Å². The molecule has 0 aliphatic heterocycles. The summed E-state index contributed by atoms with van der Waals surface area (Å²) in [6.45, 7) is 6.10. The molecule has 1 aromatic heterocycles. The Morgan fingerprint density at radius 2 is 1.74 bits per heavy atom. The van der Waals surface area contributed by atoms with Crippen molar-refractivity contribution >= 4 is 28.5 Å². The van der Waals surface area contributed by atoms with Crippen LogP contribution in [0.5, 0.6) is 0 Å². The number of carbonyl (C=O) groups is 2. The van der Waals surface area contributed by atoms with Gasteiger partial charge in [0.1, 0.15) is 12.4 Å². The minimum atomic E-state index is -0.101. The highest BCUT2D eigenvalue weighted by Gasteiger charge is 2.15. The van der Waals surface area contributed by atoms with E-state index in [-0.39, 0.29) is 18.4 Å². The van der Waals surface area contributed by atoms with Crippen LogP contribution in [0.4, 0.5) is 5.69 Å². The van der Waals surface area contributed by atoms with E-state index in [9.17, 15) is 9.59 Å². The molecule has 0 radical (unpaired) electrons. The van der Waals surface area contributed by atoms with Crippen molar-refractivity contribution in [3.05, 3.63) is 59.4 Å². The number of nitrogens with zero attached hydrogens (tertiary/aromatic N) is 2. The summed E-state index contributed by atoms with van der Waals surface area (Å²) in [7, 11) is 0. The van der Waals surface area contributed by atoms with E-state index in [4.69, 9.17) is 0 Å². The third-order valence-electron chi connectivity index (χ3n) is 4.50. The highest BCUT2D eigenvalue weighted by molar-refractivity contribution is 5.93. The van der Waals surface area contributed by atoms with Gasteiger partial charge in [-0.05, 0) is 37.1 Å². The third kappa shape index (κ3) is 4.34. The SMILES string of the molecule is CC(=O)NCCc1nc2ccccc2n1CC(=O)Nc1c(C)cccc1C. The van der Waals surface area contributed by atoms with Crippen molar-refractivity contribution in [1.29, 1.82) is 0 Å². The molecule has 0 fully saturated rings. The highest BCUT2D eigenvalue weighted by Crippen LogP contribution is 2.20. The predicted octanol–water partition coefficient (Wildman–Crippen LogP) is 2.97. The van der Waals surface area contributed by atoms with Gasteiger partial charge in [0.05, 0.1) is 11.0 Å². The van der Waals surface area contributed by atoms with Crippen LogP contribution in [0.3, 0.4) is 0 Å². The number of amides is 2. The van der Waals surface area contributed by atoms with Gasteiger partial charge in [-0.2, -0.15) is 0 Å². The maximum Gasteiger partial charge on any atom is 0.244 e. The van der Waals surface area contributed by atoms with E-state index < -0.39 is 0 Å². The lowest BCUT2D eigenvalue weighted by atomic mass is 10.1. The number of benzene rings is 2. The molecule has 0 unspecified atom stereocenters. The Bertz CT molecular complexity index is 971. The van der Waals surface area contributed by atoms with E-state index in [0.717, 1.165) is 33.7 Å². The van der Waals surface area contributed by atoms with Gasteiger partial charge >= 0.3 is 0 Å². The highest BCUT2D eigenvalue weighted by atomic mass is 16.2. The molecule has 2 amide bonds. The van der Waals surface area contributed by atoms with Gasteiger partial charge in [0, 0.05) is 25.6 Å². The second-order valence-electron chi connectivity index (χ2n) is 6.65. The van der Waals surface area contributed by atoms with Crippen molar-refractivity contribution in [3.63, 3.8) is 0 Å². The number of anilines is 1. The first-order valence-corrected chi connectivity index (χ1v) is 9.00. The van der Waals surface area contributed by atoms with Crippen molar-refractivity contribution in [1.82, 2.24) is 14.9 Å². The first-order valence-electron chi connectivity index (χ1n) is 9.00. The van der Waals surface area contributed by atoms with Crippen LogP contribution in [0.25, 0.3) is 11.0 Å². The van der Waals surface area contributed by atoms with Gasteiger partial charge in [-0.15, -0.1) is 0 Å². The number of aryl methyl sites for hydroxylation is 2. The lowest BCUT2D eigenvalue weighted by molar-refractivity contribution is -0.119.